The average molecular weight is 568 g/mol. The number of ether oxygens (including phenoxy) is 2. The number of aromatic nitrogens is 4. The minimum Gasteiger partial charge on any atom is -0.496 e. The second-order valence-corrected chi connectivity index (χ2v) is 10.1. The first-order valence-electron chi connectivity index (χ1n) is 12.8. The molecule has 214 valence electrons. The summed E-state index contributed by atoms with van der Waals surface area (Å²) in [7, 11) is 6.89. The van der Waals surface area contributed by atoms with Gasteiger partial charge in [-0.25, -0.2) is 4.39 Å². The molecule has 2 aromatic heterocycles. The third-order valence-corrected chi connectivity index (χ3v) is 6.83. The molecule has 1 N–H and O–H groups in total. The number of nitriles is 1. The number of hydrogen-bond donors (Lipinski definition) is 1. The van der Waals surface area contributed by atoms with Crippen LogP contribution in [0, 0.1) is 11.3 Å². The molecule has 1 aliphatic carbocycles. The summed E-state index contributed by atoms with van der Waals surface area (Å²) in [5.41, 5.74) is 2.84. The molecule has 4 aromatic rings. The zero-order chi connectivity index (χ0) is 29.4. The Hall–Kier alpha value is -4.57. The smallest absolute Gasteiger partial charge is 0.387 e. The van der Waals surface area contributed by atoms with Gasteiger partial charge in [0.2, 0.25) is 0 Å². The Bertz CT molecular complexity index is 1660. The van der Waals surface area contributed by atoms with E-state index in [4.69, 9.17) is 9.47 Å². The summed E-state index contributed by atoms with van der Waals surface area (Å²) in [4.78, 5) is 14.9. The zero-order valence-electron chi connectivity index (χ0n) is 22.9. The zero-order valence-corrected chi connectivity index (χ0v) is 22.9. The molecule has 1 aliphatic rings. The number of nitrogens with one attached hydrogen (secondary N) is 1. The van der Waals surface area contributed by atoms with Gasteiger partial charge in [-0.15, -0.1) is 0 Å². The minimum atomic E-state index is -3.24. The second kappa shape index (κ2) is 11.1. The molecule has 41 heavy (non-hydrogen) atoms. The molecule has 0 radical (unpaired) electrons. The number of halogens is 3. The summed E-state index contributed by atoms with van der Waals surface area (Å²) in [6.07, 6.45) is 2.57. The lowest BCUT2D eigenvalue weighted by Gasteiger charge is -2.17. The Labute approximate surface area is 233 Å². The van der Waals surface area contributed by atoms with Gasteiger partial charge in [0.05, 0.1) is 48.7 Å². The number of amides is 1. The topological polar surface area (TPSA) is 110 Å². The molecule has 0 bridgehead atoms. The van der Waals surface area contributed by atoms with Gasteiger partial charge in [-0.3, -0.25) is 14.2 Å². The maximum absolute atomic E-state index is 13.4. The summed E-state index contributed by atoms with van der Waals surface area (Å²) >= 11 is 0. The highest BCUT2D eigenvalue weighted by Gasteiger charge is 2.40. The van der Waals surface area contributed by atoms with Gasteiger partial charge < -0.3 is 19.7 Å². The van der Waals surface area contributed by atoms with E-state index in [0.29, 0.717) is 34.3 Å². The SMILES string of the molecule is COc1cc(-c2c3c(C#N)cc(-c4cnn(CCN(C)C)c4)cc3nn2C)cc(OC(F)F)c1C(=O)N[C@@H]1C[C@@H]1F. The lowest BCUT2D eigenvalue weighted by atomic mass is 9.97. The van der Waals surface area contributed by atoms with Crippen LogP contribution in [-0.4, -0.2) is 76.9 Å². The molecule has 1 amide bonds. The van der Waals surface area contributed by atoms with E-state index in [9.17, 15) is 23.2 Å². The Morgan fingerprint density at radius 1 is 1.22 bits per heavy atom. The van der Waals surface area contributed by atoms with Gasteiger partial charge in [-0.1, -0.05) is 0 Å². The summed E-state index contributed by atoms with van der Waals surface area (Å²) < 4.78 is 53.7. The standard InChI is InChI=1S/C28H28F3N7O3/c1-36(2)5-6-38-14-18(13-33-38)15-7-17(12-32)24-21(8-15)35-37(3)26(24)16-9-22(40-4)25(23(10-16)41-28(30)31)27(39)34-20-11-19(20)29/h7-10,13-14,19-20,28H,5-6,11H2,1-4H3,(H,34,39)/t19-,20+/m0/s1. The maximum Gasteiger partial charge on any atom is 0.387 e. The van der Waals surface area contributed by atoms with Crippen molar-refractivity contribution in [3.63, 3.8) is 0 Å². The van der Waals surface area contributed by atoms with Gasteiger partial charge in [-0.2, -0.15) is 24.2 Å². The van der Waals surface area contributed by atoms with Gasteiger partial charge in [0, 0.05) is 42.7 Å². The predicted octanol–water partition coefficient (Wildman–Crippen LogP) is 3.99. The first kappa shape index (κ1) is 28.0. The van der Waals surface area contributed by atoms with Crippen molar-refractivity contribution in [3.05, 3.63) is 47.8 Å². The highest BCUT2D eigenvalue weighted by molar-refractivity contribution is 6.03. The van der Waals surface area contributed by atoms with Crippen LogP contribution in [0.25, 0.3) is 33.3 Å². The molecule has 0 unspecified atom stereocenters. The fourth-order valence-corrected chi connectivity index (χ4v) is 4.71. The molecule has 2 atom stereocenters. The number of rotatable bonds is 10. The van der Waals surface area contributed by atoms with Crippen molar-refractivity contribution in [2.24, 2.45) is 7.05 Å². The molecule has 10 nitrogen and oxygen atoms in total. The second-order valence-electron chi connectivity index (χ2n) is 10.1. The fraction of sp³-hybridized carbons (Fsp3) is 0.357. The summed E-state index contributed by atoms with van der Waals surface area (Å²) in [5, 5.41) is 22.1. The lowest BCUT2D eigenvalue weighted by molar-refractivity contribution is -0.0502. The number of likely N-dealkylation sites (N-methyl/N-ethyl adjacent to an activating group) is 1. The van der Waals surface area contributed by atoms with Crippen LogP contribution in [0.2, 0.25) is 0 Å². The first-order valence-corrected chi connectivity index (χ1v) is 12.8. The third kappa shape index (κ3) is 5.69. The van der Waals surface area contributed by atoms with E-state index in [1.54, 1.807) is 19.3 Å². The van der Waals surface area contributed by atoms with Crippen LogP contribution < -0.4 is 14.8 Å². The number of hydrogen-bond acceptors (Lipinski definition) is 7. The summed E-state index contributed by atoms with van der Waals surface area (Å²) in [6, 6.07) is 7.82. The van der Waals surface area contributed by atoms with Crippen LogP contribution in [0.15, 0.2) is 36.7 Å². The predicted molar refractivity (Wildman–Crippen MR) is 145 cm³/mol. The largest absolute Gasteiger partial charge is 0.496 e. The van der Waals surface area contributed by atoms with Crippen molar-refractivity contribution in [1.82, 2.24) is 29.8 Å². The highest BCUT2D eigenvalue weighted by Crippen LogP contribution is 2.40. The molecule has 2 heterocycles. The molecular formula is C28H28F3N7O3. The van der Waals surface area contributed by atoms with Crippen LogP contribution in [0.4, 0.5) is 13.2 Å². The van der Waals surface area contributed by atoms with E-state index >= 15 is 0 Å². The Morgan fingerprint density at radius 3 is 2.59 bits per heavy atom. The minimum absolute atomic E-state index is 0.0543. The van der Waals surface area contributed by atoms with Crippen molar-refractivity contribution in [2.45, 2.75) is 31.8 Å². The van der Waals surface area contributed by atoms with Crippen LogP contribution in [0.3, 0.4) is 0 Å². The van der Waals surface area contributed by atoms with E-state index in [0.717, 1.165) is 17.7 Å². The fourth-order valence-electron chi connectivity index (χ4n) is 4.71. The molecule has 1 saturated carbocycles. The lowest BCUT2D eigenvalue weighted by Crippen LogP contribution is -2.28. The van der Waals surface area contributed by atoms with E-state index < -0.39 is 30.5 Å². The van der Waals surface area contributed by atoms with Gasteiger partial charge >= 0.3 is 6.61 Å². The Kier molecular flexibility index (Phi) is 7.59. The van der Waals surface area contributed by atoms with E-state index in [1.165, 1.54) is 23.9 Å². The quantitative estimate of drug-likeness (QED) is 0.309. The number of fused-ring (bicyclic) bond motifs is 1. The van der Waals surface area contributed by atoms with Crippen LogP contribution in [0.1, 0.15) is 22.3 Å². The van der Waals surface area contributed by atoms with Crippen molar-refractivity contribution >= 4 is 16.8 Å². The van der Waals surface area contributed by atoms with Gasteiger partial charge in [0.15, 0.2) is 0 Å². The van der Waals surface area contributed by atoms with Crippen LogP contribution in [-0.2, 0) is 13.6 Å². The number of nitrogens with zero attached hydrogens (tertiary/aromatic N) is 6. The van der Waals surface area contributed by atoms with Gasteiger partial charge in [-0.05, 0) is 43.9 Å². The average Bonchev–Trinajstić information content (AvgIpc) is 3.28. The van der Waals surface area contributed by atoms with E-state index in [2.05, 4.69) is 26.5 Å². The number of carbonyl (C=O) groups is 1. The summed E-state index contributed by atoms with van der Waals surface area (Å²) in [5.74, 6) is -1.30. The molecule has 2 aromatic carbocycles. The molecular weight excluding hydrogens is 539 g/mol. The molecule has 5 rings (SSSR count). The van der Waals surface area contributed by atoms with Crippen LogP contribution in [0.5, 0.6) is 11.5 Å². The number of alkyl halides is 3. The van der Waals surface area contributed by atoms with Crippen molar-refractivity contribution < 1.29 is 27.4 Å². The van der Waals surface area contributed by atoms with E-state index in [1.807, 2.05) is 31.0 Å². The number of carbonyl (C=O) groups excluding carboxylic acids is 1. The molecule has 0 aliphatic heterocycles. The number of aryl methyl sites for hydroxylation is 1. The van der Waals surface area contributed by atoms with Gasteiger partial charge in [0.1, 0.15) is 23.2 Å². The normalized spacial score (nSPS) is 16.3. The Morgan fingerprint density at radius 2 is 1.95 bits per heavy atom. The van der Waals surface area contributed by atoms with Crippen molar-refractivity contribution in [3.8, 4) is 40.0 Å². The Balaban J connectivity index is 1.60. The highest BCUT2D eigenvalue weighted by atomic mass is 19.3. The summed E-state index contributed by atoms with van der Waals surface area (Å²) in [6.45, 7) is -1.73. The van der Waals surface area contributed by atoms with Crippen molar-refractivity contribution in [1.29, 1.82) is 5.26 Å². The third-order valence-electron chi connectivity index (χ3n) is 6.83. The van der Waals surface area contributed by atoms with Gasteiger partial charge in [0.25, 0.3) is 5.91 Å². The first-order chi connectivity index (χ1) is 19.6. The molecule has 0 spiro atoms. The molecule has 13 heteroatoms. The van der Waals surface area contributed by atoms with Crippen LogP contribution >= 0.6 is 0 Å². The maximum atomic E-state index is 13.4. The number of methoxy groups -OCH3 is 1. The van der Waals surface area contributed by atoms with Crippen molar-refractivity contribution in [2.75, 3.05) is 27.7 Å². The van der Waals surface area contributed by atoms with E-state index in [-0.39, 0.29) is 17.7 Å². The monoisotopic (exact) mass is 567 g/mol. The molecule has 0 saturated heterocycles. The number of benzene rings is 2. The molecule has 1 fully saturated rings.